The molecule has 2 fully saturated rings. The van der Waals surface area contributed by atoms with Gasteiger partial charge in [-0.05, 0) is 57.8 Å². The Hall–Kier alpha value is -0.0800. The molecule has 0 saturated carbocycles. The Balaban J connectivity index is 0.00000338. The lowest BCUT2D eigenvalue weighted by atomic mass is 10.1. The molecule has 0 aromatic carbocycles. The van der Waals surface area contributed by atoms with E-state index < -0.39 is 0 Å². The maximum atomic E-state index is 6.12. The first-order valence-electron chi connectivity index (χ1n) is 10.5. The Labute approximate surface area is 177 Å². The van der Waals surface area contributed by atoms with E-state index in [-0.39, 0.29) is 24.0 Å². The largest absolute Gasteiger partial charge is 0.376 e. The number of ether oxygens (including phenoxy) is 2. The Morgan fingerprint density at radius 2 is 2.00 bits per heavy atom. The molecule has 0 aromatic rings. The molecule has 2 aliphatic rings. The lowest BCUT2D eigenvalue weighted by Crippen LogP contribution is -2.47. The molecule has 0 aromatic heterocycles. The molecule has 26 heavy (non-hydrogen) atoms. The highest BCUT2D eigenvalue weighted by atomic mass is 127. The fraction of sp³-hybridized carbons (Fsp3) is 0.950. The second-order valence-corrected chi connectivity index (χ2v) is 7.78. The Bertz CT molecular complexity index is 379. The van der Waals surface area contributed by atoms with Gasteiger partial charge in [-0.25, -0.2) is 0 Å². The number of nitrogens with zero attached hydrogens (tertiary/aromatic N) is 2. The van der Waals surface area contributed by atoms with Gasteiger partial charge in [0.05, 0.1) is 18.8 Å². The van der Waals surface area contributed by atoms with Crippen LogP contribution in [0.1, 0.15) is 65.7 Å². The molecular weight excluding hydrogens is 441 g/mol. The monoisotopic (exact) mass is 481 g/mol. The summed E-state index contributed by atoms with van der Waals surface area (Å²) in [6.07, 6.45) is 8.95. The van der Waals surface area contributed by atoms with Crippen LogP contribution in [0.25, 0.3) is 0 Å². The summed E-state index contributed by atoms with van der Waals surface area (Å²) >= 11 is 0. The van der Waals surface area contributed by atoms with E-state index >= 15 is 0 Å². The van der Waals surface area contributed by atoms with Gasteiger partial charge in [0, 0.05) is 32.8 Å². The van der Waals surface area contributed by atoms with E-state index in [0.717, 1.165) is 70.5 Å². The molecule has 1 atom stereocenters. The van der Waals surface area contributed by atoms with Crippen molar-refractivity contribution in [2.75, 3.05) is 39.4 Å². The summed E-state index contributed by atoms with van der Waals surface area (Å²) in [5.74, 6) is 1.85. The molecule has 0 amide bonds. The number of likely N-dealkylation sites (tertiary alicyclic amines) is 1. The van der Waals surface area contributed by atoms with Crippen LogP contribution in [0.4, 0.5) is 0 Å². The molecule has 6 heteroatoms. The van der Waals surface area contributed by atoms with Crippen LogP contribution in [0.2, 0.25) is 0 Å². The summed E-state index contributed by atoms with van der Waals surface area (Å²) in [6, 6.07) is 0. The summed E-state index contributed by atoms with van der Waals surface area (Å²) < 4.78 is 11.9. The number of hydrogen-bond acceptors (Lipinski definition) is 3. The highest BCUT2D eigenvalue weighted by Gasteiger charge is 2.23. The molecule has 0 spiro atoms. The second-order valence-electron chi connectivity index (χ2n) is 7.78. The molecule has 0 radical (unpaired) electrons. The van der Waals surface area contributed by atoms with Crippen LogP contribution in [0.3, 0.4) is 0 Å². The third kappa shape index (κ3) is 9.22. The molecular formula is C20H40IN3O2. The number of aliphatic imine (C=N–C) groups is 1. The maximum absolute atomic E-state index is 6.12. The van der Waals surface area contributed by atoms with E-state index in [1.807, 2.05) is 0 Å². The van der Waals surface area contributed by atoms with Crippen LogP contribution in [0.15, 0.2) is 4.99 Å². The fourth-order valence-corrected chi connectivity index (χ4v) is 3.53. The molecule has 0 aliphatic carbocycles. The number of piperidine rings is 1. The first kappa shape index (κ1) is 24.0. The summed E-state index contributed by atoms with van der Waals surface area (Å²) in [7, 11) is 0. The molecule has 154 valence electrons. The molecule has 0 bridgehead atoms. The minimum absolute atomic E-state index is 0. The van der Waals surface area contributed by atoms with E-state index in [0.29, 0.717) is 12.2 Å². The van der Waals surface area contributed by atoms with Gasteiger partial charge in [-0.1, -0.05) is 13.8 Å². The van der Waals surface area contributed by atoms with Crippen molar-refractivity contribution in [2.45, 2.75) is 77.9 Å². The van der Waals surface area contributed by atoms with Gasteiger partial charge in [0.1, 0.15) is 0 Å². The first-order chi connectivity index (χ1) is 12.2. The highest BCUT2D eigenvalue weighted by Crippen LogP contribution is 2.18. The van der Waals surface area contributed by atoms with Crippen LogP contribution >= 0.6 is 24.0 Å². The van der Waals surface area contributed by atoms with Crippen LogP contribution in [-0.2, 0) is 9.47 Å². The van der Waals surface area contributed by atoms with E-state index in [1.165, 1.54) is 25.7 Å². The third-order valence-electron chi connectivity index (χ3n) is 5.07. The van der Waals surface area contributed by atoms with Crippen LogP contribution in [-0.4, -0.2) is 62.5 Å². The first-order valence-corrected chi connectivity index (χ1v) is 10.5. The zero-order chi connectivity index (χ0) is 17.9. The SMILES string of the molecule is CCNC(=NCCCC(C)C)N1CCC(OCC2CCCCO2)CC1.I. The van der Waals surface area contributed by atoms with Gasteiger partial charge in [0.2, 0.25) is 0 Å². The van der Waals surface area contributed by atoms with Gasteiger partial charge in [0.15, 0.2) is 5.96 Å². The van der Waals surface area contributed by atoms with Crippen LogP contribution < -0.4 is 5.32 Å². The zero-order valence-corrected chi connectivity index (χ0v) is 19.4. The van der Waals surface area contributed by atoms with Crippen molar-refractivity contribution < 1.29 is 9.47 Å². The standard InChI is InChI=1S/C20H39N3O2.HI/c1-4-21-20(22-12-7-8-17(2)3)23-13-10-18(11-14-23)25-16-19-9-5-6-15-24-19;/h17-19H,4-16H2,1-3H3,(H,21,22);1H. The summed E-state index contributed by atoms with van der Waals surface area (Å²) in [6.45, 7) is 12.3. The molecule has 5 nitrogen and oxygen atoms in total. The van der Waals surface area contributed by atoms with Crippen molar-refractivity contribution in [3.63, 3.8) is 0 Å². The lowest BCUT2D eigenvalue weighted by molar-refractivity contribution is -0.0721. The number of guanidine groups is 1. The Morgan fingerprint density at radius 1 is 1.23 bits per heavy atom. The van der Waals surface area contributed by atoms with Crippen molar-refractivity contribution >= 4 is 29.9 Å². The number of nitrogens with one attached hydrogen (secondary N) is 1. The lowest BCUT2D eigenvalue weighted by Gasteiger charge is -2.35. The minimum Gasteiger partial charge on any atom is -0.376 e. The van der Waals surface area contributed by atoms with Crippen molar-refractivity contribution in [2.24, 2.45) is 10.9 Å². The van der Waals surface area contributed by atoms with Crippen molar-refractivity contribution in [3.05, 3.63) is 0 Å². The van der Waals surface area contributed by atoms with E-state index in [4.69, 9.17) is 14.5 Å². The Morgan fingerprint density at radius 3 is 2.62 bits per heavy atom. The van der Waals surface area contributed by atoms with Gasteiger partial charge in [-0.3, -0.25) is 4.99 Å². The minimum atomic E-state index is 0. The zero-order valence-electron chi connectivity index (χ0n) is 17.0. The van der Waals surface area contributed by atoms with Crippen molar-refractivity contribution in [1.29, 1.82) is 0 Å². The summed E-state index contributed by atoms with van der Waals surface area (Å²) in [5, 5.41) is 3.45. The third-order valence-corrected chi connectivity index (χ3v) is 5.07. The van der Waals surface area contributed by atoms with E-state index in [1.54, 1.807) is 0 Å². The van der Waals surface area contributed by atoms with Gasteiger partial charge in [0.25, 0.3) is 0 Å². The average Bonchev–Trinajstić information content (AvgIpc) is 2.64. The molecule has 2 rings (SSSR count). The normalized spacial score (nSPS) is 22.4. The van der Waals surface area contributed by atoms with Crippen molar-refractivity contribution in [3.8, 4) is 0 Å². The number of rotatable bonds is 8. The predicted octanol–water partition coefficient (Wildman–Crippen LogP) is 4.06. The summed E-state index contributed by atoms with van der Waals surface area (Å²) in [4.78, 5) is 7.22. The molecule has 2 aliphatic heterocycles. The topological polar surface area (TPSA) is 46.1 Å². The van der Waals surface area contributed by atoms with E-state index in [2.05, 4.69) is 31.0 Å². The maximum Gasteiger partial charge on any atom is 0.193 e. The average molecular weight is 481 g/mol. The smallest absolute Gasteiger partial charge is 0.193 e. The van der Waals surface area contributed by atoms with Gasteiger partial charge in [-0.15, -0.1) is 24.0 Å². The molecule has 1 N–H and O–H groups in total. The number of halogens is 1. The van der Waals surface area contributed by atoms with Gasteiger partial charge < -0.3 is 19.7 Å². The molecule has 1 unspecified atom stereocenters. The van der Waals surface area contributed by atoms with Crippen LogP contribution in [0, 0.1) is 5.92 Å². The fourth-order valence-electron chi connectivity index (χ4n) is 3.53. The van der Waals surface area contributed by atoms with Crippen LogP contribution in [0.5, 0.6) is 0 Å². The quantitative estimate of drug-likeness (QED) is 0.246. The molecule has 2 saturated heterocycles. The highest BCUT2D eigenvalue weighted by molar-refractivity contribution is 14.0. The van der Waals surface area contributed by atoms with Gasteiger partial charge in [-0.2, -0.15) is 0 Å². The van der Waals surface area contributed by atoms with Crippen molar-refractivity contribution in [1.82, 2.24) is 10.2 Å². The second kappa shape index (κ2) is 14.0. The summed E-state index contributed by atoms with van der Waals surface area (Å²) in [5.41, 5.74) is 0. The molecule has 2 heterocycles. The number of hydrogen-bond donors (Lipinski definition) is 1. The van der Waals surface area contributed by atoms with Gasteiger partial charge >= 0.3 is 0 Å². The Kier molecular flexibility index (Phi) is 12.9. The predicted molar refractivity (Wildman–Crippen MR) is 120 cm³/mol. The van der Waals surface area contributed by atoms with E-state index in [9.17, 15) is 0 Å².